The lowest BCUT2D eigenvalue weighted by Crippen LogP contribution is -2.51. The van der Waals surface area contributed by atoms with Gasteiger partial charge >= 0.3 is 5.97 Å². The number of ether oxygens (including phenoxy) is 1. The second kappa shape index (κ2) is 17.5. The number of nitrogens with zero attached hydrogens (tertiary/aromatic N) is 2. The second-order valence-corrected chi connectivity index (χ2v) is 8.71. The molecule has 6 heteroatoms. The molecule has 174 valence electrons. The highest BCUT2D eigenvalue weighted by molar-refractivity contribution is 7.79. The monoisotopic (exact) mass is 440 g/mol. The van der Waals surface area contributed by atoms with Gasteiger partial charge in [-0.3, -0.25) is 9.28 Å². The van der Waals surface area contributed by atoms with Crippen molar-refractivity contribution in [1.82, 2.24) is 0 Å². The van der Waals surface area contributed by atoms with Crippen molar-refractivity contribution in [3.05, 3.63) is 11.6 Å². The molecule has 0 aromatic rings. The van der Waals surface area contributed by atoms with E-state index in [-0.39, 0.29) is 5.97 Å². The SMILES string of the molecule is CCCCC(=O)OC[N+]1(C)CCC=C(/C(=N/S)C(=N)CCC)C1.CCCCCCC. The van der Waals surface area contributed by atoms with Crippen LogP contribution in [-0.2, 0) is 9.53 Å². The minimum Gasteiger partial charge on any atom is -0.415 e. The summed E-state index contributed by atoms with van der Waals surface area (Å²) in [6, 6.07) is 0. The topological polar surface area (TPSA) is 62.5 Å². The molecular weight excluding hydrogens is 394 g/mol. The van der Waals surface area contributed by atoms with Crippen LogP contribution in [0.1, 0.15) is 98.3 Å². The highest BCUT2D eigenvalue weighted by Gasteiger charge is 2.30. The van der Waals surface area contributed by atoms with Crippen LogP contribution < -0.4 is 0 Å². The van der Waals surface area contributed by atoms with Crippen LogP contribution in [0.25, 0.3) is 0 Å². The summed E-state index contributed by atoms with van der Waals surface area (Å²) >= 11 is 4.05. The third-order valence-electron chi connectivity index (χ3n) is 5.28. The number of unbranched alkanes of at least 4 members (excludes halogenated alkanes) is 5. The van der Waals surface area contributed by atoms with Crippen molar-refractivity contribution < 1.29 is 14.0 Å². The first-order valence-corrected chi connectivity index (χ1v) is 12.3. The molecule has 5 nitrogen and oxygen atoms in total. The number of nitrogens with one attached hydrogen (secondary N) is 1. The summed E-state index contributed by atoms with van der Waals surface area (Å²) in [7, 11) is 2.08. The van der Waals surface area contributed by atoms with Crippen molar-refractivity contribution in [3.63, 3.8) is 0 Å². The lowest BCUT2D eigenvalue weighted by Gasteiger charge is -2.37. The van der Waals surface area contributed by atoms with E-state index < -0.39 is 0 Å². The third-order valence-corrected chi connectivity index (χ3v) is 5.48. The van der Waals surface area contributed by atoms with Crippen LogP contribution in [0, 0.1) is 5.41 Å². The molecule has 30 heavy (non-hydrogen) atoms. The number of thiol groups is 1. The lowest BCUT2D eigenvalue weighted by molar-refractivity contribution is -0.922. The van der Waals surface area contributed by atoms with E-state index in [1.807, 2.05) is 0 Å². The Balaban J connectivity index is 0.00000103. The first-order valence-electron chi connectivity index (χ1n) is 11.9. The van der Waals surface area contributed by atoms with Crippen molar-refractivity contribution in [2.45, 2.75) is 98.3 Å². The Bertz CT molecular complexity index is 557. The molecule has 0 spiro atoms. The van der Waals surface area contributed by atoms with Crippen molar-refractivity contribution in [3.8, 4) is 0 Å². The summed E-state index contributed by atoms with van der Waals surface area (Å²) in [5, 5.41) is 8.14. The van der Waals surface area contributed by atoms with Crippen molar-refractivity contribution in [1.29, 1.82) is 5.41 Å². The van der Waals surface area contributed by atoms with Crippen LogP contribution >= 0.6 is 12.8 Å². The molecule has 0 radical (unpaired) electrons. The van der Waals surface area contributed by atoms with E-state index in [2.05, 4.69) is 58.0 Å². The smallest absolute Gasteiger partial charge is 0.310 e. The predicted octanol–water partition coefficient (Wildman–Crippen LogP) is 6.54. The van der Waals surface area contributed by atoms with E-state index in [4.69, 9.17) is 10.1 Å². The van der Waals surface area contributed by atoms with Gasteiger partial charge in [-0.25, -0.2) is 4.40 Å². The molecule has 0 saturated heterocycles. The van der Waals surface area contributed by atoms with Gasteiger partial charge in [-0.1, -0.05) is 78.7 Å². The van der Waals surface area contributed by atoms with Crippen molar-refractivity contribution >= 4 is 30.2 Å². The maximum absolute atomic E-state index is 11.7. The van der Waals surface area contributed by atoms with Crippen molar-refractivity contribution in [2.75, 3.05) is 26.9 Å². The summed E-state index contributed by atoms with van der Waals surface area (Å²) in [5.74, 6) is -0.121. The molecule has 1 heterocycles. The fraction of sp³-hybridized carbons (Fsp3) is 0.792. The Hall–Kier alpha value is -1.14. The van der Waals surface area contributed by atoms with Gasteiger partial charge in [0.05, 0.1) is 19.3 Å². The highest BCUT2D eigenvalue weighted by atomic mass is 32.1. The zero-order valence-electron chi connectivity index (χ0n) is 20.1. The molecule has 1 unspecified atom stereocenters. The zero-order chi connectivity index (χ0) is 22.8. The predicted molar refractivity (Wildman–Crippen MR) is 133 cm³/mol. The molecule has 1 atom stereocenters. The molecule has 0 saturated carbocycles. The second-order valence-electron chi connectivity index (χ2n) is 8.51. The Morgan fingerprint density at radius 1 is 1.07 bits per heavy atom. The third kappa shape index (κ3) is 12.5. The average Bonchev–Trinajstić information content (AvgIpc) is 2.72. The number of hydrogen-bond acceptors (Lipinski definition) is 5. The summed E-state index contributed by atoms with van der Waals surface area (Å²) < 4.78 is 10.1. The van der Waals surface area contributed by atoms with Gasteiger partial charge in [0.1, 0.15) is 12.3 Å². The van der Waals surface area contributed by atoms with E-state index in [1.54, 1.807) is 0 Å². The van der Waals surface area contributed by atoms with Gasteiger partial charge in [0.2, 0.25) is 6.73 Å². The Morgan fingerprint density at radius 2 is 1.70 bits per heavy atom. The van der Waals surface area contributed by atoms with Gasteiger partial charge in [0.15, 0.2) is 0 Å². The molecule has 0 aromatic heterocycles. The van der Waals surface area contributed by atoms with E-state index in [0.29, 0.717) is 42.0 Å². The number of carbonyl (C=O) groups is 1. The maximum atomic E-state index is 11.7. The van der Waals surface area contributed by atoms with E-state index >= 15 is 0 Å². The van der Waals surface area contributed by atoms with E-state index in [0.717, 1.165) is 37.8 Å². The number of hydrogen-bond donors (Lipinski definition) is 2. The number of likely N-dealkylation sites (N-methyl/N-ethyl adjacent to an activating group) is 1. The van der Waals surface area contributed by atoms with E-state index in [9.17, 15) is 4.79 Å². The molecule has 1 aliphatic heterocycles. The lowest BCUT2D eigenvalue weighted by atomic mass is 9.98. The van der Waals surface area contributed by atoms with Crippen LogP contribution in [-0.4, -0.2) is 48.7 Å². The van der Waals surface area contributed by atoms with Gasteiger partial charge in [0.25, 0.3) is 0 Å². The van der Waals surface area contributed by atoms with E-state index in [1.165, 1.54) is 32.1 Å². The van der Waals surface area contributed by atoms with Gasteiger partial charge in [-0.05, 0) is 25.7 Å². The Labute approximate surface area is 191 Å². The number of rotatable bonds is 13. The largest absolute Gasteiger partial charge is 0.415 e. The van der Waals surface area contributed by atoms with Crippen LogP contribution in [0.15, 0.2) is 16.0 Å². The van der Waals surface area contributed by atoms with Gasteiger partial charge in [-0.2, -0.15) is 0 Å². The van der Waals surface area contributed by atoms with Gasteiger partial charge in [-0.15, -0.1) is 0 Å². The molecule has 0 bridgehead atoms. The summed E-state index contributed by atoms with van der Waals surface area (Å²) in [5.41, 5.74) is 2.25. The van der Waals surface area contributed by atoms with Crippen LogP contribution in [0.3, 0.4) is 0 Å². The first-order chi connectivity index (χ1) is 14.4. The van der Waals surface area contributed by atoms with Crippen LogP contribution in [0.2, 0.25) is 0 Å². The number of carbonyl (C=O) groups excluding carboxylic acids is 1. The fourth-order valence-corrected chi connectivity index (χ4v) is 3.62. The Morgan fingerprint density at radius 3 is 2.23 bits per heavy atom. The van der Waals surface area contributed by atoms with Crippen molar-refractivity contribution in [2.24, 2.45) is 4.40 Å². The van der Waals surface area contributed by atoms with Crippen LogP contribution in [0.5, 0.6) is 0 Å². The minimum absolute atomic E-state index is 0.121. The molecule has 1 N–H and O–H groups in total. The molecule has 1 aliphatic rings. The first kappa shape index (κ1) is 28.9. The molecule has 0 aromatic carbocycles. The average molecular weight is 441 g/mol. The molecular formula is C24H46N3O2S+. The fourth-order valence-electron chi connectivity index (χ4n) is 3.37. The molecule has 1 rings (SSSR count). The van der Waals surface area contributed by atoms with Gasteiger partial charge in [0, 0.05) is 18.4 Å². The molecule has 0 fully saturated rings. The standard InChI is InChI=1S/C17H29N3O2S.C7H16/c1-4-6-10-16(21)22-13-20(3)11-7-9-14(12-20)17(19-23)15(18)8-5-2;1-3-5-7-6-4-2/h9H,4-8,10-13H2,1-3H3,(H-,18,23);3-7H2,1-2H3/p+1. The molecule has 0 aliphatic carbocycles. The van der Waals surface area contributed by atoms with Crippen LogP contribution in [0.4, 0.5) is 0 Å². The Kier molecular flexibility index (Phi) is 16.9. The zero-order valence-corrected chi connectivity index (χ0v) is 21.0. The highest BCUT2D eigenvalue weighted by Crippen LogP contribution is 2.20. The summed E-state index contributed by atoms with van der Waals surface area (Å²) in [6.45, 7) is 10.6. The summed E-state index contributed by atoms with van der Waals surface area (Å²) in [4.78, 5) is 11.7. The minimum atomic E-state index is -0.121. The normalized spacial score (nSPS) is 18.9. The van der Waals surface area contributed by atoms with Gasteiger partial charge < -0.3 is 10.1 Å². The number of esters is 1. The quantitative estimate of drug-likeness (QED) is 0.112. The molecule has 0 amide bonds. The number of quaternary nitrogens is 1. The summed E-state index contributed by atoms with van der Waals surface area (Å²) in [6.07, 6.45) is 14.0. The maximum Gasteiger partial charge on any atom is 0.310 e.